The summed E-state index contributed by atoms with van der Waals surface area (Å²) in [5.41, 5.74) is 4.94. The average molecular weight is 217 g/mol. The molecule has 1 aromatic carbocycles. The van der Waals surface area contributed by atoms with Crippen molar-refractivity contribution in [1.82, 2.24) is 5.32 Å². The van der Waals surface area contributed by atoms with Crippen LogP contribution in [0.25, 0.3) is 0 Å². The van der Waals surface area contributed by atoms with E-state index in [2.05, 4.69) is 44.3 Å². The predicted molar refractivity (Wildman–Crippen MR) is 69.8 cm³/mol. The molecule has 0 bridgehead atoms. The van der Waals surface area contributed by atoms with Crippen LogP contribution in [0.5, 0.6) is 0 Å². The molecule has 0 radical (unpaired) electrons. The fourth-order valence-corrected chi connectivity index (χ4v) is 2.51. The quantitative estimate of drug-likeness (QED) is 0.818. The van der Waals surface area contributed by atoms with Gasteiger partial charge in [0, 0.05) is 6.54 Å². The fraction of sp³-hybridized carbons (Fsp3) is 0.600. The van der Waals surface area contributed by atoms with Crippen LogP contribution in [0, 0.1) is 0 Å². The van der Waals surface area contributed by atoms with Gasteiger partial charge in [-0.3, -0.25) is 0 Å². The summed E-state index contributed by atoms with van der Waals surface area (Å²) >= 11 is 0. The van der Waals surface area contributed by atoms with Gasteiger partial charge in [-0.2, -0.15) is 0 Å². The minimum atomic E-state index is 0.361. The molecular formula is C15H23N. The Morgan fingerprint density at radius 2 is 1.94 bits per heavy atom. The summed E-state index contributed by atoms with van der Waals surface area (Å²) in [6.45, 7) is 9.15. The van der Waals surface area contributed by atoms with E-state index < -0.39 is 0 Å². The van der Waals surface area contributed by atoms with Gasteiger partial charge in [0.25, 0.3) is 0 Å². The lowest BCUT2D eigenvalue weighted by molar-refractivity contribution is 0.438. The Morgan fingerprint density at radius 1 is 1.19 bits per heavy atom. The molecule has 1 heteroatoms. The molecule has 2 rings (SSSR count). The average Bonchev–Trinajstić information content (AvgIpc) is 2.37. The smallest absolute Gasteiger partial charge is 0.0208 e. The molecule has 1 aromatic rings. The second kappa shape index (κ2) is 4.58. The van der Waals surface area contributed by atoms with Gasteiger partial charge in [0.1, 0.15) is 0 Å². The molecule has 0 saturated heterocycles. The lowest BCUT2D eigenvalue weighted by atomic mass is 9.76. The van der Waals surface area contributed by atoms with Crippen LogP contribution in [0.4, 0.5) is 0 Å². The van der Waals surface area contributed by atoms with E-state index in [0.29, 0.717) is 5.41 Å². The van der Waals surface area contributed by atoms with E-state index in [1.807, 2.05) is 0 Å². The van der Waals surface area contributed by atoms with E-state index >= 15 is 0 Å². The minimum absolute atomic E-state index is 0.361. The maximum absolute atomic E-state index is 3.43. The summed E-state index contributed by atoms with van der Waals surface area (Å²) < 4.78 is 0. The molecule has 1 heterocycles. The largest absolute Gasteiger partial charge is 0.312 e. The van der Waals surface area contributed by atoms with Gasteiger partial charge in [-0.15, -0.1) is 0 Å². The number of fused-ring (bicyclic) bond motifs is 1. The summed E-state index contributed by atoms with van der Waals surface area (Å²) in [5, 5.41) is 3.43. The Morgan fingerprint density at radius 3 is 2.62 bits per heavy atom. The second-order valence-corrected chi connectivity index (χ2v) is 5.18. The van der Waals surface area contributed by atoms with Crippen LogP contribution in [0.3, 0.4) is 0 Å². The lowest BCUT2D eigenvalue weighted by Gasteiger charge is -2.29. The molecule has 0 amide bonds. The third-order valence-electron chi connectivity index (χ3n) is 4.35. The van der Waals surface area contributed by atoms with Crippen molar-refractivity contribution < 1.29 is 0 Å². The van der Waals surface area contributed by atoms with Crippen molar-refractivity contribution in [3.05, 3.63) is 34.9 Å². The molecule has 0 saturated carbocycles. The van der Waals surface area contributed by atoms with Crippen LogP contribution in [-0.2, 0) is 18.4 Å². The molecule has 1 aliphatic heterocycles. The van der Waals surface area contributed by atoms with Gasteiger partial charge in [0.15, 0.2) is 0 Å². The van der Waals surface area contributed by atoms with Gasteiger partial charge in [0.05, 0.1) is 0 Å². The SMILES string of the molecule is CCC(C)(CC)c1ccc2c(c1)CCNC2. The maximum Gasteiger partial charge on any atom is 0.0208 e. The zero-order chi connectivity index (χ0) is 11.6. The van der Waals surface area contributed by atoms with Crippen molar-refractivity contribution in [1.29, 1.82) is 0 Å². The van der Waals surface area contributed by atoms with Gasteiger partial charge in [0.2, 0.25) is 0 Å². The summed E-state index contributed by atoms with van der Waals surface area (Å²) in [7, 11) is 0. The van der Waals surface area contributed by atoms with E-state index in [1.165, 1.54) is 30.4 Å². The Hall–Kier alpha value is -0.820. The third-order valence-corrected chi connectivity index (χ3v) is 4.35. The standard InChI is InChI=1S/C15H23N/c1-4-15(3,5-2)14-7-6-13-11-16-9-8-12(13)10-14/h6-7,10,16H,4-5,8-9,11H2,1-3H3. The molecule has 88 valence electrons. The molecule has 1 nitrogen and oxygen atoms in total. The van der Waals surface area contributed by atoms with E-state index in [1.54, 1.807) is 5.56 Å². The number of hydrogen-bond acceptors (Lipinski definition) is 1. The van der Waals surface area contributed by atoms with Crippen molar-refractivity contribution in [2.45, 2.75) is 52.0 Å². The van der Waals surface area contributed by atoms with Gasteiger partial charge >= 0.3 is 0 Å². The van der Waals surface area contributed by atoms with Crippen LogP contribution >= 0.6 is 0 Å². The van der Waals surface area contributed by atoms with Gasteiger partial charge in [-0.1, -0.05) is 39.0 Å². The number of hydrogen-bond donors (Lipinski definition) is 1. The summed E-state index contributed by atoms with van der Waals surface area (Å²) in [5.74, 6) is 0. The van der Waals surface area contributed by atoms with Crippen molar-refractivity contribution in [3.8, 4) is 0 Å². The zero-order valence-electron chi connectivity index (χ0n) is 10.8. The van der Waals surface area contributed by atoms with Crippen molar-refractivity contribution >= 4 is 0 Å². The first-order valence-electron chi connectivity index (χ1n) is 6.52. The highest BCUT2D eigenvalue weighted by Crippen LogP contribution is 2.32. The molecule has 16 heavy (non-hydrogen) atoms. The summed E-state index contributed by atoms with van der Waals surface area (Å²) in [6.07, 6.45) is 3.63. The minimum Gasteiger partial charge on any atom is -0.312 e. The normalized spacial score (nSPS) is 15.9. The molecule has 0 spiro atoms. The number of rotatable bonds is 3. The molecule has 0 atom stereocenters. The Kier molecular flexibility index (Phi) is 3.34. The molecule has 0 aromatic heterocycles. The molecule has 1 N–H and O–H groups in total. The topological polar surface area (TPSA) is 12.0 Å². The summed E-state index contributed by atoms with van der Waals surface area (Å²) in [4.78, 5) is 0. The first kappa shape index (κ1) is 11.7. The van der Waals surface area contributed by atoms with E-state index in [-0.39, 0.29) is 0 Å². The van der Waals surface area contributed by atoms with E-state index in [9.17, 15) is 0 Å². The monoisotopic (exact) mass is 217 g/mol. The van der Waals surface area contributed by atoms with E-state index in [0.717, 1.165) is 13.1 Å². The number of benzene rings is 1. The number of nitrogens with one attached hydrogen (secondary N) is 1. The van der Waals surface area contributed by atoms with Crippen molar-refractivity contribution in [3.63, 3.8) is 0 Å². The van der Waals surface area contributed by atoms with Crippen LogP contribution < -0.4 is 5.32 Å². The molecule has 1 aliphatic rings. The Balaban J connectivity index is 2.36. The van der Waals surface area contributed by atoms with Crippen LogP contribution in [0.15, 0.2) is 18.2 Å². The molecule has 0 aliphatic carbocycles. The zero-order valence-corrected chi connectivity index (χ0v) is 10.8. The Bertz CT molecular complexity index is 364. The summed E-state index contributed by atoms with van der Waals surface area (Å²) in [6, 6.07) is 7.10. The third kappa shape index (κ3) is 2.01. The molecular weight excluding hydrogens is 194 g/mol. The first-order chi connectivity index (χ1) is 7.69. The van der Waals surface area contributed by atoms with Gasteiger partial charge in [-0.25, -0.2) is 0 Å². The van der Waals surface area contributed by atoms with Crippen LogP contribution in [0.2, 0.25) is 0 Å². The lowest BCUT2D eigenvalue weighted by Crippen LogP contribution is -2.25. The first-order valence-corrected chi connectivity index (χ1v) is 6.52. The second-order valence-electron chi connectivity index (χ2n) is 5.18. The van der Waals surface area contributed by atoms with Crippen LogP contribution in [-0.4, -0.2) is 6.54 Å². The van der Waals surface area contributed by atoms with Crippen LogP contribution in [0.1, 0.15) is 50.3 Å². The van der Waals surface area contributed by atoms with Crippen molar-refractivity contribution in [2.75, 3.05) is 6.54 Å². The predicted octanol–water partition coefficient (Wildman–Crippen LogP) is 3.41. The molecule has 0 unspecified atom stereocenters. The highest BCUT2D eigenvalue weighted by Gasteiger charge is 2.23. The highest BCUT2D eigenvalue weighted by molar-refractivity contribution is 5.37. The van der Waals surface area contributed by atoms with Crippen molar-refractivity contribution in [2.24, 2.45) is 0 Å². The Labute approximate surface area is 99.3 Å². The van der Waals surface area contributed by atoms with Gasteiger partial charge < -0.3 is 5.32 Å². The van der Waals surface area contributed by atoms with E-state index in [4.69, 9.17) is 0 Å². The fourth-order valence-electron chi connectivity index (χ4n) is 2.51. The highest BCUT2D eigenvalue weighted by atomic mass is 14.9. The van der Waals surface area contributed by atoms with Gasteiger partial charge in [-0.05, 0) is 47.9 Å². The maximum atomic E-state index is 3.43. The molecule has 0 fully saturated rings.